The molecule has 2 N–H and O–H groups in total. The first kappa shape index (κ1) is 21.7. The Morgan fingerprint density at radius 3 is 2.69 bits per heavy atom. The highest BCUT2D eigenvalue weighted by atomic mass is 16.5. The molecule has 8 heteroatoms. The summed E-state index contributed by atoms with van der Waals surface area (Å²) in [6.07, 6.45) is 3.70. The lowest BCUT2D eigenvalue weighted by atomic mass is 10.0. The fraction of sp³-hybridized carbons (Fsp3) is 0.375. The van der Waals surface area contributed by atoms with E-state index < -0.39 is 0 Å². The van der Waals surface area contributed by atoms with Gasteiger partial charge in [-0.25, -0.2) is 0 Å². The third-order valence-electron chi connectivity index (χ3n) is 5.78. The Bertz CT molecular complexity index is 1220. The molecule has 0 fully saturated rings. The van der Waals surface area contributed by atoms with Crippen LogP contribution >= 0.6 is 0 Å². The van der Waals surface area contributed by atoms with Gasteiger partial charge in [0.25, 0.3) is 11.5 Å². The molecule has 0 saturated carbocycles. The number of ether oxygens (including phenoxy) is 1. The molecule has 0 atom stereocenters. The minimum absolute atomic E-state index is 0.139. The molecule has 1 aliphatic heterocycles. The Morgan fingerprint density at radius 1 is 1.25 bits per heavy atom. The molecule has 3 aromatic rings. The number of hydrogen-bond donors (Lipinski definition) is 2. The Labute approximate surface area is 187 Å². The number of pyridine rings is 1. The maximum atomic E-state index is 13.3. The standard InChI is InChI=1S/C24H29N5O3/c1-14(2)29-6-7-32-22-19(9-17(10-21(22)29)18-11-26-28(5)13-18)23(30)25-12-20-15(3)8-16(4)27-24(20)31/h8-11,13-14H,6-7,12H2,1-5H3,(H,25,30)(H,27,31). The van der Waals surface area contributed by atoms with Crippen LogP contribution in [-0.2, 0) is 13.6 Å². The molecule has 0 spiro atoms. The number of nitrogens with zero attached hydrogens (tertiary/aromatic N) is 3. The summed E-state index contributed by atoms with van der Waals surface area (Å²) in [5, 5.41) is 7.19. The third-order valence-corrected chi connectivity index (χ3v) is 5.78. The van der Waals surface area contributed by atoms with Crippen molar-refractivity contribution in [2.75, 3.05) is 18.1 Å². The van der Waals surface area contributed by atoms with Gasteiger partial charge in [0.1, 0.15) is 6.61 Å². The van der Waals surface area contributed by atoms with Crippen LogP contribution in [0.2, 0.25) is 0 Å². The van der Waals surface area contributed by atoms with Gasteiger partial charge in [0.2, 0.25) is 0 Å². The van der Waals surface area contributed by atoms with Crippen LogP contribution in [0.1, 0.15) is 41.0 Å². The largest absolute Gasteiger partial charge is 0.489 e. The van der Waals surface area contributed by atoms with Crippen molar-refractivity contribution < 1.29 is 9.53 Å². The SMILES string of the molecule is Cc1cc(C)c(CNC(=O)c2cc(-c3cnn(C)c3)cc3c2OCCN3C(C)C)c(=O)[nH]1. The van der Waals surface area contributed by atoms with E-state index in [0.29, 0.717) is 23.5 Å². The van der Waals surface area contributed by atoms with Crippen LogP contribution in [0.15, 0.2) is 35.4 Å². The van der Waals surface area contributed by atoms with Gasteiger partial charge in [-0.15, -0.1) is 0 Å². The summed E-state index contributed by atoms with van der Waals surface area (Å²) in [5.74, 6) is 0.293. The van der Waals surface area contributed by atoms with Gasteiger partial charge in [0.15, 0.2) is 5.75 Å². The number of anilines is 1. The van der Waals surface area contributed by atoms with Gasteiger partial charge >= 0.3 is 0 Å². The Kier molecular flexibility index (Phi) is 5.78. The van der Waals surface area contributed by atoms with Gasteiger partial charge < -0.3 is 19.9 Å². The highest BCUT2D eigenvalue weighted by molar-refractivity contribution is 6.01. The second-order valence-corrected chi connectivity index (χ2v) is 8.54. The fourth-order valence-electron chi connectivity index (χ4n) is 4.15. The molecule has 1 amide bonds. The van der Waals surface area contributed by atoms with E-state index >= 15 is 0 Å². The van der Waals surface area contributed by atoms with E-state index in [0.717, 1.165) is 34.6 Å². The Morgan fingerprint density at radius 2 is 2.03 bits per heavy atom. The van der Waals surface area contributed by atoms with Crippen molar-refractivity contribution in [1.82, 2.24) is 20.1 Å². The molecule has 168 valence electrons. The first-order chi connectivity index (χ1) is 15.2. The number of hydrogen-bond acceptors (Lipinski definition) is 5. The average Bonchev–Trinajstić information content (AvgIpc) is 3.17. The first-order valence-electron chi connectivity index (χ1n) is 10.8. The fourth-order valence-corrected chi connectivity index (χ4v) is 4.15. The number of aromatic nitrogens is 3. The molecule has 8 nitrogen and oxygen atoms in total. The van der Waals surface area contributed by atoms with E-state index in [1.54, 1.807) is 10.9 Å². The summed E-state index contributed by atoms with van der Waals surface area (Å²) in [7, 11) is 1.86. The van der Waals surface area contributed by atoms with Crippen molar-refractivity contribution >= 4 is 11.6 Å². The minimum atomic E-state index is -0.281. The number of carbonyl (C=O) groups excluding carboxylic acids is 1. The van der Waals surface area contributed by atoms with E-state index in [1.165, 1.54) is 0 Å². The van der Waals surface area contributed by atoms with Crippen molar-refractivity contribution in [2.24, 2.45) is 7.05 Å². The summed E-state index contributed by atoms with van der Waals surface area (Å²) < 4.78 is 7.71. The summed E-state index contributed by atoms with van der Waals surface area (Å²) in [4.78, 5) is 30.7. The summed E-state index contributed by atoms with van der Waals surface area (Å²) >= 11 is 0. The van der Waals surface area contributed by atoms with Crippen molar-refractivity contribution in [1.29, 1.82) is 0 Å². The topological polar surface area (TPSA) is 92.2 Å². The molecule has 2 aromatic heterocycles. The van der Waals surface area contributed by atoms with E-state index in [2.05, 4.69) is 40.2 Å². The summed E-state index contributed by atoms with van der Waals surface area (Å²) in [6.45, 7) is 9.35. The van der Waals surface area contributed by atoms with Gasteiger partial charge in [0, 0.05) is 42.7 Å². The number of H-pyrrole nitrogens is 1. The number of aromatic amines is 1. The molecular weight excluding hydrogens is 406 g/mol. The lowest BCUT2D eigenvalue weighted by Crippen LogP contribution is -2.39. The first-order valence-corrected chi connectivity index (χ1v) is 10.8. The van der Waals surface area contributed by atoms with Crippen LogP contribution in [0.4, 0.5) is 5.69 Å². The molecule has 0 saturated heterocycles. The van der Waals surface area contributed by atoms with Crippen LogP contribution < -0.4 is 20.5 Å². The van der Waals surface area contributed by atoms with E-state index in [9.17, 15) is 9.59 Å². The molecule has 1 aliphatic rings. The van der Waals surface area contributed by atoms with Gasteiger partial charge in [0.05, 0.1) is 24.0 Å². The van der Waals surface area contributed by atoms with Gasteiger partial charge in [-0.3, -0.25) is 14.3 Å². The van der Waals surface area contributed by atoms with E-state index in [1.807, 2.05) is 39.2 Å². The molecule has 0 bridgehead atoms. The zero-order valence-corrected chi connectivity index (χ0v) is 19.2. The number of aryl methyl sites for hydroxylation is 3. The predicted octanol–water partition coefficient (Wildman–Crippen LogP) is 2.93. The predicted molar refractivity (Wildman–Crippen MR) is 124 cm³/mol. The highest BCUT2D eigenvalue weighted by Gasteiger charge is 2.27. The minimum Gasteiger partial charge on any atom is -0.489 e. The van der Waals surface area contributed by atoms with E-state index in [4.69, 9.17) is 4.74 Å². The van der Waals surface area contributed by atoms with Gasteiger partial charge in [-0.05, 0) is 57.0 Å². The molecule has 1 aromatic carbocycles. The molecule has 32 heavy (non-hydrogen) atoms. The van der Waals surface area contributed by atoms with Gasteiger partial charge in [-0.1, -0.05) is 0 Å². The number of amides is 1. The van der Waals surface area contributed by atoms with Gasteiger partial charge in [-0.2, -0.15) is 5.10 Å². The van der Waals surface area contributed by atoms with Crippen LogP contribution in [-0.4, -0.2) is 39.9 Å². The molecule has 3 heterocycles. The van der Waals surface area contributed by atoms with E-state index in [-0.39, 0.29) is 24.1 Å². The molecule has 0 radical (unpaired) electrons. The van der Waals surface area contributed by atoms with Crippen LogP contribution in [0.5, 0.6) is 5.75 Å². The monoisotopic (exact) mass is 435 g/mol. The van der Waals surface area contributed by atoms with Crippen molar-refractivity contribution in [3.8, 4) is 16.9 Å². The molecule has 4 rings (SSSR count). The summed E-state index contributed by atoms with van der Waals surface area (Å²) in [6, 6.07) is 6.04. The molecule has 0 unspecified atom stereocenters. The van der Waals surface area contributed by atoms with Crippen LogP contribution in [0.25, 0.3) is 11.1 Å². The lowest BCUT2D eigenvalue weighted by molar-refractivity contribution is 0.0946. The quantitative estimate of drug-likeness (QED) is 0.643. The third kappa shape index (κ3) is 4.12. The zero-order valence-electron chi connectivity index (χ0n) is 19.2. The second-order valence-electron chi connectivity index (χ2n) is 8.54. The normalized spacial score (nSPS) is 13.1. The lowest BCUT2D eigenvalue weighted by Gasteiger charge is -2.35. The van der Waals surface area contributed by atoms with Crippen molar-refractivity contribution in [3.63, 3.8) is 0 Å². The maximum Gasteiger partial charge on any atom is 0.255 e. The smallest absolute Gasteiger partial charge is 0.255 e. The second kappa shape index (κ2) is 8.53. The van der Waals surface area contributed by atoms with Crippen molar-refractivity contribution in [2.45, 2.75) is 40.3 Å². The Hall–Kier alpha value is -3.55. The summed E-state index contributed by atoms with van der Waals surface area (Å²) in [5.41, 5.74) is 5.16. The number of nitrogens with one attached hydrogen (secondary N) is 2. The highest BCUT2D eigenvalue weighted by Crippen LogP contribution is 2.40. The molecular formula is C24H29N5O3. The number of rotatable bonds is 5. The van der Waals surface area contributed by atoms with Crippen LogP contribution in [0.3, 0.4) is 0 Å². The number of carbonyl (C=O) groups is 1. The molecule has 0 aliphatic carbocycles. The maximum absolute atomic E-state index is 13.3. The van der Waals surface area contributed by atoms with Crippen LogP contribution in [0, 0.1) is 13.8 Å². The zero-order chi connectivity index (χ0) is 23.0. The van der Waals surface area contributed by atoms with Crippen molar-refractivity contribution in [3.05, 3.63) is 63.3 Å². The average molecular weight is 436 g/mol. The Balaban J connectivity index is 1.73. The number of fused-ring (bicyclic) bond motifs is 1. The number of benzene rings is 1.